The standard InChI is InChI=1S/C19H25NO/c1-12-6-8-14(3)17(10-12)15(4)20-16(5)18-11-13(2)7-9-19(18)21/h6-11,15-16,20-21H,1-5H3. The van der Waals surface area contributed by atoms with E-state index in [-0.39, 0.29) is 12.1 Å². The quantitative estimate of drug-likeness (QED) is 0.850. The fourth-order valence-electron chi connectivity index (χ4n) is 2.80. The van der Waals surface area contributed by atoms with Gasteiger partial charge in [0.2, 0.25) is 0 Å². The number of phenolic OH excluding ortho intramolecular Hbond substituents is 1. The Balaban J connectivity index is 2.20. The molecule has 2 rings (SSSR count). The van der Waals surface area contributed by atoms with Gasteiger partial charge < -0.3 is 10.4 Å². The molecule has 0 aromatic heterocycles. The summed E-state index contributed by atoms with van der Waals surface area (Å²) < 4.78 is 0. The minimum Gasteiger partial charge on any atom is -0.508 e. The first-order chi connectivity index (χ1) is 9.88. The first-order valence-electron chi connectivity index (χ1n) is 7.51. The summed E-state index contributed by atoms with van der Waals surface area (Å²) in [6.07, 6.45) is 0. The lowest BCUT2D eigenvalue weighted by Gasteiger charge is -2.23. The molecule has 2 atom stereocenters. The smallest absolute Gasteiger partial charge is 0.120 e. The summed E-state index contributed by atoms with van der Waals surface area (Å²) in [6, 6.07) is 12.6. The largest absolute Gasteiger partial charge is 0.508 e. The zero-order valence-corrected chi connectivity index (χ0v) is 13.6. The van der Waals surface area contributed by atoms with Gasteiger partial charge in [0.1, 0.15) is 5.75 Å². The highest BCUT2D eigenvalue weighted by Gasteiger charge is 2.15. The number of aryl methyl sites for hydroxylation is 3. The van der Waals surface area contributed by atoms with E-state index >= 15 is 0 Å². The van der Waals surface area contributed by atoms with Crippen molar-refractivity contribution >= 4 is 0 Å². The molecule has 2 aromatic carbocycles. The second kappa shape index (κ2) is 6.31. The van der Waals surface area contributed by atoms with E-state index in [1.165, 1.54) is 16.7 Å². The van der Waals surface area contributed by atoms with Gasteiger partial charge in [-0.25, -0.2) is 0 Å². The molecule has 2 heteroatoms. The van der Waals surface area contributed by atoms with Gasteiger partial charge in [0, 0.05) is 17.6 Å². The SMILES string of the molecule is Cc1ccc(C)c(C(C)NC(C)c2cc(C)ccc2O)c1. The fraction of sp³-hybridized carbons (Fsp3) is 0.368. The van der Waals surface area contributed by atoms with Crippen LogP contribution in [0.4, 0.5) is 0 Å². The van der Waals surface area contributed by atoms with Crippen molar-refractivity contribution in [3.63, 3.8) is 0 Å². The molecule has 0 saturated heterocycles. The molecule has 0 aliphatic heterocycles. The lowest BCUT2D eigenvalue weighted by atomic mass is 9.98. The third-order valence-electron chi connectivity index (χ3n) is 4.05. The summed E-state index contributed by atoms with van der Waals surface area (Å²) in [4.78, 5) is 0. The van der Waals surface area contributed by atoms with Crippen LogP contribution in [0.15, 0.2) is 36.4 Å². The molecule has 2 unspecified atom stereocenters. The number of nitrogens with one attached hydrogen (secondary N) is 1. The van der Waals surface area contributed by atoms with Gasteiger partial charge in [-0.05, 0) is 51.8 Å². The van der Waals surface area contributed by atoms with Crippen LogP contribution >= 0.6 is 0 Å². The minimum atomic E-state index is 0.0970. The normalized spacial score (nSPS) is 14.0. The molecule has 0 amide bonds. The third kappa shape index (κ3) is 3.64. The molecule has 2 aromatic rings. The van der Waals surface area contributed by atoms with E-state index in [9.17, 15) is 5.11 Å². The van der Waals surface area contributed by atoms with Crippen molar-refractivity contribution in [1.29, 1.82) is 0 Å². The molecule has 0 heterocycles. The lowest BCUT2D eigenvalue weighted by molar-refractivity contribution is 0.438. The number of benzene rings is 2. The molecule has 2 N–H and O–H groups in total. The predicted molar refractivity (Wildman–Crippen MR) is 88.7 cm³/mol. The summed E-state index contributed by atoms with van der Waals surface area (Å²) in [5.41, 5.74) is 5.99. The van der Waals surface area contributed by atoms with E-state index in [1.54, 1.807) is 6.07 Å². The van der Waals surface area contributed by atoms with E-state index < -0.39 is 0 Å². The Morgan fingerprint density at radius 3 is 2.00 bits per heavy atom. The van der Waals surface area contributed by atoms with Crippen LogP contribution in [0.1, 0.15) is 53.7 Å². The van der Waals surface area contributed by atoms with Gasteiger partial charge in [0.25, 0.3) is 0 Å². The van der Waals surface area contributed by atoms with E-state index in [2.05, 4.69) is 51.2 Å². The maximum Gasteiger partial charge on any atom is 0.120 e. The molecule has 2 nitrogen and oxygen atoms in total. The van der Waals surface area contributed by atoms with Crippen LogP contribution < -0.4 is 5.32 Å². The summed E-state index contributed by atoms with van der Waals surface area (Å²) in [7, 11) is 0. The molecule has 0 spiro atoms. The molecular formula is C19H25NO. The summed E-state index contributed by atoms with van der Waals surface area (Å²) in [6.45, 7) is 10.6. The Hall–Kier alpha value is -1.80. The van der Waals surface area contributed by atoms with Crippen molar-refractivity contribution in [2.75, 3.05) is 0 Å². The van der Waals surface area contributed by atoms with E-state index in [0.29, 0.717) is 5.75 Å². The Labute approximate surface area is 127 Å². The zero-order valence-electron chi connectivity index (χ0n) is 13.6. The minimum absolute atomic E-state index is 0.0970. The number of hydrogen-bond donors (Lipinski definition) is 2. The average Bonchev–Trinajstić information content (AvgIpc) is 2.43. The predicted octanol–water partition coefficient (Wildman–Crippen LogP) is 4.73. The van der Waals surface area contributed by atoms with Crippen molar-refractivity contribution in [2.24, 2.45) is 0 Å². The highest BCUT2D eigenvalue weighted by Crippen LogP contribution is 2.28. The van der Waals surface area contributed by atoms with E-state index in [4.69, 9.17) is 0 Å². The fourth-order valence-corrected chi connectivity index (χ4v) is 2.80. The molecule has 0 bridgehead atoms. The van der Waals surface area contributed by atoms with Gasteiger partial charge in [-0.15, -0.1) is 0 Å². The molecule has 0 radical (unpaired) electrons. The van der Waals surface area contributed by atoms with Crippen LogP contribution in [-0.2, 0) is 0 Å². The topological polar surface area (TPSA) is 32.3 Å². The summed E-state index contributed by atoms with van der Waals surface area (Å²) in [5, 5.41) is 13.6. The zero-order chi connectivity index (χ0) is 15.6. The van der Waals surface area contributed by atoms with Crippen molar-refractivity contribution in [3.8, 4) is 5.75 Å². The van der Waals surface area contributed by atoms with Crippen LogP contribution in [0, 0.1) is 20.8 Å². The molecule has 0 fully saturated rings. The van der Waals surface area contributed by atoms with Crippen molar-refractivity contribution < 1.29 is 5.11 Å². The number of hydrogen-bond acceptors (Lipinski definition) is 2. The Morgan fingerprint density at radius 2 is 1.33 bits per heavy atom. The average molecular weight is 283 g/mol. The molecular weight excluding hydrogens is 258 g/mol. The molecule has 0 aliphatic rings. The summed E-state index contributed by atoms with van der Waals surface area (Å²) >= 11 is 0. The van der Waals surface area contributed by atoms with Crippen LogP contribution in [0.25, 0.3) is 0 Å². The second-order valence-corrected chi connectivity index (χ2v) is 6.03. The first-order valence-corrected chi connectivity index (χ1v) is 7.51. The number of phenols is 1. The van der Waals surface area contributed by atoms with Gasteiger partial charge in [-0.2, -0.15) is 0 Å². The molecule has 0 aliphatic carbocycles. The van der Waals surface area contributed by atoms with Crippen LogP contribution in [0.5, 0.6) is 5.75 Å². The molecule has 21 heavy (non-hydrogen) atoms. The molecule has 112 valence electrons. The van der Waals surface area contributed by atoms with E-state index in [1.807, 2.05) is 19.1 Å². The monoisotopic (exact) mass is 283 g/mol. The number of aromatic hydroxyl groups is 1. The van der Waals surface area contributed by atoms with Crippen molar-refractivity contribution in [3.05, 3.63) is 64.2 Å². The maximum absolute atomic E-state index is 10.0. The molecule has 0 saturated carbocycles. The second-order valence-electron chi connectivity index (χ2n) is 6.03. The van der Waals surface area contributed by atoms with Gasteiger partial charge in [-0.3, -0.25) is 0 Å². The lowest BCUT2D eigenvalue weighted by Crippen LogP contribution is -2.23. The van der Waals surface area contributed by atoms with E-state index in [0.717, 1.165) is 11.1 Å². The maximum atomic E-state index is 10.0. The van der Waals surface area contributed by atoms with Gasteiger partial charge in [0.15, 0.2) is 0 Å². The van der Waals surface area contributed by atoms with Crippen molar-refractivity contribution in [2.45, 2.75) is 46.7 Å². The third-order valence-corrected chi connectivity index (χ3v) is 4.05. The Morgan fingerprint density at radius 1 is 0.810 bits per heavy atom. The highest BCUT2D eigenvalue weighted by atomic mass is 16.3. The first kappa shape index (κ1) is 15.6. The highest BCUT2D eigenvalue weighted by molar-refractivity contribution is 5.38. The van der Waals surface area contributed by atoms with Gasteiger partial charge >= 0.3 is 0 Å². The van der Waals surface area contributed by atoms with Crippen LogP contribution in [0.2, 0.25) is 0 Å². The number of rotatable bonds is 4. The van der Waals surface area contributed by atoms with Crippen LogP contribution in [-0.4, -0.2) is 5.11 Å². The van der Waals surface area contributed by atoms with Crippen molar-refractivity contribution in [1.82, 2.24) is 5.32 Å². The van der Waals surface area contributed by atoms with Crippen LogP contribution in [0.3, 0.4) is 0 Å². The Bertz CT molecular complexity index is 578. The summed E-state index contributed by atoms with van der Waals surface area (Å²) in [5.74, 6) is 0.355. The van der Waals surface area contributed by atoms with Gasteiger partial charge in [0.05, 0.1) is 0 Å². The Kier molecular flexibility index (Phi) is 4.69. The van der Waals surface area contributed by atoms with Gasteiger partial charge in [-0.1, -0.05) is 41.5 Å².